The van der Waals surface area contributed by atoms with Crippen molar-refractivity contribution in [3.8, 4) is 0 Å². The Labute approximate surface area is 101 Å². The van der Waals surface area contributed by atoms with E-state index >= 15 is 0 Å². The number of amides is 1. The number of carbonyl (C=O) groups excluding carboxylic acids is 1. The zero-order valence-electron chi connectivity index (χ0n) is 10.2. The van der Waals surface area contributed by atoms with Gasteiger partial charge in [0.15, 0.2) is 0 Å². The van der Waals surface area contributed by atoms with Gasteiger partial charge in [0.25, 0.3) is 0 Å². The zero-order valence-corrected chi connectivity index (χ0v) is 10.2. The molecule has 1 aromatic heterocycles. The van der Waals surface area contributed by atoms with Gasteiger partial charge in [0.2, 0.25) is 11.9 Å². The number of hydrogen-bond donors (Lipinski definition) is 2. The molecule has 0 aliphatic heterocycles. The van der Waals surface area contributed by atoms with Crippen LogP contribution in [0.4, 0.5) is 5.95 Å². The van der Waals surface area contributed by atoms with Crippen LogP contribution >= 0.6 is 0 Å². The third-order valence-corrected chi connectivity index (χ3v) is 2.06. The Kier molecular flexibility index (Phi) is 5.95. The molecule has 0 saturated carbocycles. The van der Waals surface area contributed by atoms with Crippen molar-refractivity contribution >= 4 is 11.9 Å². The molecule has 0 fully saturated rings. The van der Waals surface area contributed by atoms with Crippen LogP contribution in [0.5, 0.6) is 0 Å². The topological polar surface area (TPSA) is 76.1 Å². The van der Waals surface area contributed by atoms with E-state index in [4.69, 9.17) is 4.74 Å². The van der Waals surface area contributed by atoms with Gasteiger partial charge in [-0.3, -0.25) is 4.79 Å². The summed E-state index contributed by atoms with van der Waals surface area (Å²) in [6.07, 6.45) is 2.07. The maximum absolute atomic E-state index is 11.3. The first kappa shape index (κ1) is 13.4. The van der Waals surface area contributed by atoms with Crippen molar-refractivity contribution in [3.63, 3.8) is 0 Å². The highest BCUT2D eigenvalue weighted by molar-refractivity contribution is 5.76. The fourth-order valence-electron chi connectivity index (χ4n) is 1.20. The van der Waals surface area contributed by atoms with Crippen LogP contribution in [-0.4, -0.2) is 42.7 Å². The Hall–Kier alpha value is -1.69. The van der Waals surface area contributed by atoms with Crippen LogP contribution in [0.3, 0.4) is 0 Å². The normalized spacial score (nSPS) is 10.0. The molecule has 1 amide bonds. The average Bonchev–Trinajstić information content (AvgIpc) is 2.29. The second-order valence-electron chi connectivity index (χ2n) is 3.54. The molecule has 1 rings (SSSR count). The van der Waals surface area contributed by atoms with Gasteiger partial charge in [0.1, 0.15) is 0 Å². The summed E-state index contributed by atoms with van der Waals surface area (Å²) < 4.78 is 4.83. The number of nitrogens with zero attached hydrogens (tertiary/aromatic N) is 2. The van der Waals surface area contributed by atoms with E-state index in [0.717, 1.165) is 5.69 Å². The molecular formula is C11H18N4O2. The fraction of sp³-hybridized carbons (Fsp3) is 0.545. The minimum atomic E-state index is -0.0118. The summed E-state index contributed by atoms with van der Waals surface area (Å²) in [5, 5.41) is 5.73. The summed E-state index contributed by atoms with van der Waals surface area (Å²) in [6, 6.07) is 1.82. The Morgan fingerprint density at radius 1 is 1.47 bits per heavy atom. The number of ether oxygens (including phenoxy) is 1. The highest BCUT2D eigenvalue weighted by Gasteiger charge is 2.01. The largest absolute Gasteiger partial charge is 0.383 e. The molecule has 0 aliphatic carbocycles. The number of anilines is 1. The van der Waals surface area contributed by atoms with Crippen molar-refractivity contribution in [2.45, 2.75) is 13.3 Å². The molecule has 0 bridgehead atoms. The lowest BCUT2D eigenvalue weighted by Crippen LogP contribution is -2.28. The maximum Gasteiger partial charge on any atom is 0.222 e. The Bertz CT molecular complexity index is 357. The summed E-state index contributed by atoms with van der Waals surface area (Å²) in [7, 11) is 1.60. The van der Waals surface area contributed by atoms with E-state index in [-0.39, 0.29) is 5.91 Å². The van der Waals surface area contributed by atoms with Crippen molar-refractivity contribution < 1.29 is 9.53 Å². The summed E-state index contributed by atoms with van der Waals surface area (Å²) >= 11 is 0. The van der Waals surface area contributed by atoms with Crippen LogP contribution in [0.1, 0.15) is 12.1 Å². The van der Waals surface area contributed by atoms with Crippen LogP contribution in [0.25, 0.3) is 0 Å². The zero-order chi connectivity index (χ0) is 12.5. The second-order valence-corrected chi connectivity index (χ2v) is 3.54. The lowest BCUT2D eigenvalue weighted by atomic mass is 10.4. The first-order valence-corrected chi connectivity index (χ1v) is 5.51. The molecule has 0 saturated heterocycles. The molecule has 6 heteroatoms. The maximum atomic E-state index is 11.3. The molecule has 2 N–H and O–H groups in total. The summed E-state index contributed by atoms with van der Waals surface area (Å²) in [5.74, 6) is 0.539. The van der Waals surface area contributed by atoms with Gasteiger partial charge in [-0.1, -0.05) is 0 Å². The second kappa shape index (κ2) is 7.56. The summed E-state index contributed by atoms with van der Waals surface area (Å²) in [4.78, 5) is 19.5. The molecule has 0 aromatic carbocycles. The number of aryl methyl sites for hydroxylation is 1. The van der Waals surface area contributed by atoms with E-state index in [1.165, 1.54) is 0 Å². The molecule has 6 nitrogen and oxygen atoms in total. The molecule has 17 heavy (non-hydrogen) atoms. The highest BCUT2D eigenvalue weighted by Crippen LogP contribution is 1.98. The van der Waals surface area contributed by atoms with Gasteiger partial charge < -0.3 is 15.4 Å². The monoisotopic (exact) mass is 238 g/mol. The van der Waals surface area contributed by atoms with Crippen molar-refractivity contribution in [3.05, 3.63) is 18.0 Å². The molecule has 94 valence electrons. The van der Waals surface area contributed by atoms with E-state index in [1.54, 1.807) is 13.3 Å². The van der Waals surface area contributed by atoms with E-state index in [0.29, 0.717) is 32.1 Å². The SMILES string of the molecule is COCCNC(=O)CCNc1nccc(C)n1. The minimum Gasteiger partial charge on any atom is -0.383 e. The van der Waals surface area contributed by atoms with Crippen LogP contribution in [-0.2, 0) is 9.53 Å². The number of rotatable bonds is 7. The Morgan fingerprint density at radius 2 is 2.29 bits per heavy atom. The predicted molar refractivity (Wildman–Crippen MR) is 64.8 cm³/mol. The van der Waals surface area contributed by atoms with E-state index < -0.39 is 0 Å². The molecular weight excluding hydrogens is 220 g/mol. The lowest BCUT2D eigenvalue weighted by Gasteiger charge is -2.06. The number of hydrogen-bond acceptors (Lipinski definition) is 5. The average molecular weight is 238 g/mol. The summed E-state index contributed by atoms with van der Waals surface area (Å²) in [6.45, 7) is 3.48. The highest BCUT2D eigenvalue weighted by atomic mass is 16.5. The van der Waals surface area contributed by atoms with E-state index in [1.807, 2.05) is 13.0 Å². The van der Waals surface area contributed by atoms with Crippen molar-refractivity contribution in [1.29, 1.82) is 0 Å². The third kappa shape index (κ3) is 5.82. The predicted octanol–water partition coefficient (Wildman–Crippen LogP) is 0.350. The van der Waals surface area contributed by atoms with Gasteiger partial charge >= 0.3 is 0 Å². The van der Waals surface area contributed by atoms with Gasteiger partial charge in [-0.2, -0.15) is 0 Å². The van der Waals surface area contributed by atoms with Gasteiger partial charge in [0, 0.05) is 38.5 Å². The number of methoxy groups -OCH3 is 1. The Balaban J connectivity index is 2.17. The van der Waals surface area contributed by atoms with Crippen LogP contribution in [0.2, 0.25) is 0 Å². The number of aromatic nitrogens is 2. The molecule has 1 heterocycles. The number of carbonyl (C=O) groups is 1. The fourth-order valence-corrected chi connectivity index (χ4v) is 1.20. The molecule has 0 aliphatic rings. The van der Waals surface area contributed by atoms with Gasteiger partial charge in [-0.05, 0) is 13.0 Å². The van der Waals surface area contributed by atoms with Crippen LogP contribution in [0, 0.1) is 6.92 Å². The third-order valence-electron chi connectivity index (χ3n) is 2.06. The first-order chi connectivity index (χ1) is 8.22. The molecule has 1 aromatic rings. The molecule has 0 radical (unpaired) electrons. The standard InChI is InChI=1S/C11H18N4O2/c1-9-3-5-13-11(15-9)14-6-4-10(16)12-7-8-17-2/h3,5H,4,6-8H2,1-2H3,(H,12,16)(H,13,14,15). The number of nitrogens with one attached hydrogen (secondary N) is 2. The first-order valence-electron chi connectivity index (χ1n) is 5.51. The van der Waals surface area contributed by atoms with E-state index in [9.17, 15) is 4.79 Å². The molecule has 0 atom stereocenters. The summed E-state index contributed by atoms with van der Waals surface area (Å²) in [5.41, 5.74) is 0.895. The van der Waals surface area contributed by atoms with Crippen molar-refractivity contribution in [1.82, 2.24) is 15.3 Å². The molecule has 0 unspecified atom stereocenters. The minimum absolute atomic E-state index is 0.0118. The van der Waals surface area contributed by atoms with Gasteiger partial charge in [-0.25, -0.2) is 9.97 Å². The van der Waals surface area contributed by atoms with Gasteiger partial charge in [0.05, 0.1) is 6.61 Å². The van der Waals surface area contributed by atoms with Crippen molar-refractivity contribution in [2.75, 3.05) is 32.1 Å². The van der Waals surface area contributed by atoms with Crippen molar-refractivity contribution in [2.24, 2.45) is 0 Å². The van der Waals surface area contributed by atoms with Crippen LogP contribution < -0.4 is 10.6 Å². The smallest absolute Gasteiger partial charge is 0.222 e. The quantitative estimate of drug-likeness (QED) is 0.670. The molecule has 0 spiro atoms. The lowest BCUT2D eigenvalue weighted by molar-refractivity contribution is -0.121. The van der Waals surface area contributed by atoms with Gasteiger partial charge in [-0.15, -0.1) is 0 Å². The van der Waals surface area contributed by atoms with E-state index in [2.05, 4.69) is 20.6 Å². The Morgan fingerprint density at radius 3 is 3.00 bits per heavy atom. The van der Waals surface area contributed by atoms with Crippen LogP contribution in [0.15, 0.2) is 12.3 Å².